The summed E-state index contributed by atoms with van der Waals surface area (Å²) in [6, 6.07) is 34.7. The van der Waals surface area contributed by atoms with Gasteiger partial charge in [0.05, 0.1) is 23.4 Å². The topological polar surface area (TPSA) is 15.6 Å². The first-order chi connectivity index (χ1) is 13.4. The van der Waals surface area contributed by atoms with Gasteiger partial charge < -0.3 is 0 Å². The lowest BCUT2D eigenvalue weighted by molar-refractivity contribution is 0.674. The molecule has 0 saturated heterocycles. The van der Waals surface area contributed by atoms with Gasteiger partial charge in [-0.3, -0.25) is 5.01 Å². The Morgan fingerprint density at radius 1 is 0.630 bits per heavy atom. The van der Waals surface area contributed by atoms with Crippen LogP contribution >= 0.6 is 0 Å². The van der Waals surface area contributed by atoms with Crippen molar-refractivity contribution in [1.29, 1.82) is 0 Å². The quantitative estimate of drug-likeness (QED) is 0.441. The highest BCUT2D eigenvalue weighted by atomic mass is 15.5. The van der Waals surface area contributed by atoms with E-state index in [9.17, 15) is 0 Å². The maximum Gasteiger partial charge on any atom is 0.0907 e. The van der Waals surface area contributed by atoms with Gasteiger partial charge in [-0.25, -0.2) is 0 Å². The molecule has 4 aromatic rings. The fourth-order valence-electron chi connectivity index (χ4n) is 4.71. The standard InChI is InChI=1S/C25H18N2/c1-3-9-18(10-4-1)24-23-20-15-7-11-17-12-8-16-21(22(17)20)25(23)27(26-24)19-13-5-2-6-14-19/h1-16,23,25H/t23-,25-/m1/s1. The summed E-state index contributed by atoms with van der Waals surface area (Å²) < 4.78 is 0. The van der Waals surface area contributed by atoms with E-state index in [0.29, 0.717) is 0 Å². The van der Waals surface area contributed by atoms with Crippen molar-refractivity contribution < 1.29 is 0 Å². The number of nitrogens with zero attached hydrogens (tertiary/aromatic N) is 2. The van der Waals surface area contributed by atoms with Crippen LogP contribution in [-0.4, -0.2) is 5.71 Å². The lowest BCUT2D eigenvalue weighted by Crippen LogP contribution is -2.20. The molecule has 1 aliphatic heterocycles. The first-order valence-electron chi connectivity index (χ1n) is 9.41. The summed E-state index contributed by atoms with van der Waals surface area (Å²) in [5.41, 5.74) is 6.29. The maximum atomic E-state index is 5.15. The Bertz CT molecular complexity index is 1170. The molecule has 2 aliphatic rings. The molecule has 2 heteroatoms. The minimum atomic E-state index is 0.212. The predicted molar refractivity (Wildman–Crippen MR) is 111 cm³/mol. The predicted octanol–water partition coefficient (Wildman–Crippen LogP) is 5.90. The summed E-state index contributed by atoms with van der Waals surface area (Å²) in [7, 11) is 0. The SMILES string of the molecule is c1ccc(C2=NN(c3ccccc3)[C@@H]3c4cccc5cccc(c45)[C@H]23)cc1. The van der Waals surface area contributed by atoms with Gasteiger partial charge in [0.15, 0.2) is 0 Å². The first kappa shape index (κ1) is 14.7. The van der Waals surface area contributed by atoms with E-state index < -0.39 is 0 Å². The van der Waals surface area contributed by atoms with Crippen LogP contribution < -0.4 is 5.01 Å². The van der Waals surface area contributed by atoms with Gasteiger partial charge in [-0.15, -0.1) is 0 Å². The van der Waals surface area contributed by atoms with E-state index in [4.69, 9.17) is 5.10 Å². The number of hydrogen-bond donors (Lipinski definition) is 0. The van der Waals surface area contributed by atoms with Gasteiger partial charge in [-0.2, -0.15) is 5.10 Å². The van der Waals surface area contributed by atoms with Gasteiger partial charge in [0.25, 0.3) is 0 Å². The van der Waals surface area contributed by atoms with Crippen LogP contribution in [0.3, 0.4) is 0 Å². The van der Waals surface area contributed by atoms with Gasteiger partial charge in [0, 0.05) is 0 Å². The first-order valence-corrected chi connectivity index (χ1v) is 9.41. The van der Waals surface area contributed by atoms with Gasteiger partial charge in [0.2, 0.25) is 0 Å². The van der Waals surface area contributed by atoms with Crippen molar-refractivity contribution in [2.75, 3.05) is 5.01 Å². The van der Waals surface area contributed by atoms with Gasteiger partial charge in [-0.1, -0.05) is 84.9 Å². The molecule has 1 aliphatic carbocycles. The van der Waals surface area contributed by atoms with Crippen LogP contribution in [0.25, 0.3) is 10.8 Å². The Morgan fingerprint density at radius 3 is 2.04 bits per heavy atom. The summed E-state index contributed by atoms with van der Waals surface area (Å²) >= 11 is 0. The van der Waals surface area contributed by atoms with Crippen molar-refractivity contribution in [2.24, 2.45) is 5.10 Å². The molecule has 2 atom stereocenters. The third-order valence-corrected chi connectivity index (χ3v) is 5.80. The highest BCUT2D eigenvalue weighted by Gasteiger charge is 2.46. The largest absolute Gasteiger partial charge is 0.257 e. The van der Waals surface area contributed by atoms with E-state index in [0.717, 1.165) is 11.4 Å². The number of rotatable bonds is 2. The smallest absolute Gasteiger partial charge is 0.0907 e. The summed E-state index contributed by atoms with van der Waals surface area (Å²) in [5, 5.41) is 10.1. The molecule has 0 aromatic heterocycles. The number of hydrazone groups is 1. The zero-order valence-electron chi connectivity index (χ0n) is 14.8. The maximum absolute atomic E-state index is 5.15. The Balaban J connectivity index is 1.63. The molecule has 2 nitrogen and oxygen atoms in total. The minimum Gasteiger partial charge on any atom is -0.257 e. The number of hydrogen-bond acceptors (Lipinski definition) is 2. The van der Waals surface area contributed by atoms with Crippen molar-refractivity contribution in [3.05, 3.63) is 114 Å². The average molecular weight is 346 g/mol. The molecular weight excluding hydrogens is 328 g/mol. The molecule has 27 heavy (non-hydrogen) atoms. The van der Waals surface area contributed by atoms with E-state index in [1.165, 1.54) is 27.5 Å². The van der Waals surface area contributed by atoms with E-state index in [1.54, 1.807) is 0 Å². The molecule has 4 aromatic carbocycles. The third-order valence-electron chi connectivity index (χ3n) is 5.80. The van der Waals surface area contributed by atoms with Crippen molar-refractivity contribution >= 4 is 22.2 Å². The van der Waals surface area contributed by atoms with Gasteiger partial charge in [-0.05, 0) is 39.6 Å². The number of anilines is 1. The molecule has 0 bridgehead atoms. The summed E-state index contributed by atoms with van der Waals surface area (Å²) in [6.07, 6.45) is 0. The molecule has 0 N–H and O–H groups in total. The van der Waals surface area contributed by atoms with E-state index >= 15 is 0 Å². The molecule has 0 unspecified atom stereocenters. The highest BCUT2D eigenvalue weighted by Crippen LogP contribution is 2.54. The highest BCUT2D eigenvalue weighted by molar-refractivity contribution is 6.12. The van der Waals surface area contributed by atoms with E-state index in [1.807, 2.05) is 0 Å². The molecule has 0 fully saturated rings. The Kier molecular flexibility index (Phi) is 3.03. The molecule has 0 amide bonds. The average Bonchev–Trinajstić information content (AvgIpc) is 3.28. The second kappa shape index (κ2) is 5.55. The molecular formula is C25H18N2. The number of para-hydroxylation sites is 1. The molecule has 1 heterocycles. The second-order valence-corrected chi connectivity index (χ2v) is 7.25. The van der Waals surface area contributed by atoms with Crippen molar-refractivity contribution in [3.8, 4) is 0 Å². The molecule has 0 radical (unpaired) electrons. The fourth-order valence-corrected chi connectivity index (χ4v) is 4.71. The summed E-state index contributed by atoms with van der Waals surface area (Å²) in [6.45, 7) is 0. The van der Waals surface area contributed by atoms with Crippen LogP contribution in [0.15, 0.2) is 102 Å². The third kappa shape index (κ3) is 2.04. The summed E-state index contributed by atoms with van der Waals surface area (Å²) in [4.78, 5) is 0. The van der Waals surface area contributed by atoms with Crippen LogP contribution in [0, 0.1) is 0 Å². The van der Waals surface area contributed by atoms with Crippen LogP contribution in [0.4, 0.5) is 5.69 Å². The normalized spacial score (nSPS) is 20.0. The van der Waals surface area contributed by atoms with Crippen molar-refractivity contribution in [3.63, 3.8) is 0 Å². The van der Waals surface area contributed by atoms with Crippen molar-refractivity contribution in [2.45, 2.75) is 12.0 Å². The minimum absolute atomic E-state index is 0.212. The van der Waals surface area contributed by atoms with Crippen molar-refractivity contribution in [1.82, 2.24) is 0 Å². The van der Waals surface area contributed by atoms with Crippen LogP contribution in [0.1, 0.15) is 28.7 Å². The van der Waals surface area contributed by atoms with Crippen LogP contribution in [-0.2, 0) is 0 Å². The van der Waals surface area contributed by atoms with Gasteiger partial charge >= 0.3 is 0 Å². The Morgan fingerprint density at radius 2 is 1.30 bits per heavy atom. The zero-order chi connectivity index (χ0) is 17.8. The zero-order valence-corrected chi connectivity index (χ0v) is 14.8. The second-order valence-electron chi connectivity index (χ2n) is 7.25. The number of fused-ring (bicyclic) bond motifs is 3. The molecule has 0 saturated carbocycles. The lowest BCUT2D eigenvalue weighted by atomic mass is 9.88. The van der Waals surface area contributed by atoms with Crippen LogP contribution in [0.5, 0.6) is 0 Å². The lowest BCUT2D eigenvalue weighted by Gasteiger charge is -2.24. The molecule has 6 rings (SSSR count). The molecule has 0 spiro atoms. The van der Waals surface area contributed by atoms with Crippen LogP contribution in [0.2, 0.25) is 0 Å². The fraction of sp³-hybridized carbons (Fsp3) is 0.0800. The Labute approximate surface area is 158 Å². The van der Waals surface area contributed by atoms with E-state index in [-0.39, 0.29) is 12.0 Å². The Hall–Kier alpha value is -3.39. The summed E-state index contributed by atoms with van der Waals surface area (Å²) in [5.74, 6) is 0.258. The van der Waals surface area contributed by atoms with Gasteiger partial charge in [0.1, 0.15) is 0 Å². The monoisotopic (exact) mass is 346 g/mol. The number of benzene rings is 4. The van der Waals surface area contributed by atoms with E-state index in [2.05, 4.69) is 102 Å². The molecule has 128 valence electrons.